The molecule has 0 unspecified atom stereocenters. The number of nitrogens with one attached hydrogen (secondary N) is 1. The number of hydrogen-bond acceptors (Lipinski definition) is 7. The minimum atomic E-state index is 0.149. The summed E-state index contributed by atoms with van der Waals surface area (Å²) >= 11 is 0. The van der Waals surface area contributed by atoms with E-state index in [9.17, 15) is 0 Å². The van der Waals surface area contributed by atoms with Crippen LogP contribution < -0.4 is 15.0 Å². The van der Waals surface area contributed by atoms with E-state index >= 15 is 0 Å². The van der Waals surface area contributed by atoms with E-state index in [-0.39, 0.29) is 6.10 Å². The average Bonchev–Trinajstić information content (AvgIpc) is 2.68. The number of anilines is 3. The normalized spacial score (nSPS) is 10.7. The Hall–Kier alpha value is -3.22. The third-order valence-electron chi connectivity index (χ3n) is 3.90. The molecule has 140 valence electrons. The van der Waals surface area contributed by atoms with Gasteiger partial charge in [-0.2, -0.15) is 10.1 Å². The van der Waals surface area contributed by atoms with Crippen molar-refractivity contribution in [1.29, 1.82) is 0 Å². The van der Waals surface area contributed by atoms with E-state index < -0.39 is 0 Å². The summed E-state index contributed by atoms with van der Waals surface area (Å²) in [5.41, 5.74) is 2.12. The maximum atomic E-state index is 5.65. The van der Waals surface area contributed by atoms with Gasteiger partial charge in [-0.3, -0.25) is 4.98 Å². The van der Waals surface area contributed by atoms with E-state index in [1.165, 1.54) is 5.56 Å². The van der Waals surface area contributed by atoms with Crippen LogP contribution in [0, 0.1) is 0 Å². The van der Waals surface area contributed by atoms with Gasteiger partial charge >= 0.3 is 0 Å². The molecule has 2 heterocycles. The topological polar surface area (TPSA) is 76.1 Å². The van der Waals surface area contributed by atoms with E-state index in [1.807, 2.05) is 57.3 Å². The fourth-order valence-electron chi connectivity index (χ4n) is 2.51. The molecule has 0 saturated heterocycles. The van der Waals surface area contributed by atoms with Gasteiger partial charge in [0.25, 0.3) is 0 Å². The Morgan fingerprint density at radius 1 is 1.07 bits per heavy atom. The van der Waals surface area contributed by atoms with Gasteiger partial charge in [-0.25, -0.2) is 0 Å². The predicted molar refractivity (Wildman–Crippen MR) is 107 cm³/mol. The highest BCUT2D eigenvalue weighted by Crippen LogP contribution is 2.19. The molecule has 2 aromatic heterocycles. The van der Waals surface area contributed by atoms with Gasteiger partial charge < -0.3 is 15.0 Å². The van der Waals surface area contributed by atoms with Crippen LogP contribution in [0.1, 0.15) is 19.4 Å². The number of pyridine rings is 1. The van der Waals surface area contributed by atoms with Gasteiger partial charge in [0.2, 0.25) is 5.95 Å². The van der Waals surface area contributed by atoms with Crippen molar-refractivity contribution < 1.29 is 4.74 Å². The van der Waals surface area contributed by atoms with Gasteiger partial charge in [0.15, 0.2) is 5.82 Å². The first-order valence-electron chi connectivity index (χ1n) is 8.93. The van der Waals surface area contributed by atoms with Crippen LogP contribution in [0.5, 0.6) is 5.75 Å². The molecule has 0 aliphatic carbocycles. The Morgan fingerprint density at radius 2 is 1.81 bits per heavy atom. The molecule has 1 aromatic carbocycles. The van der Waals surface area contributed by atoms with Gasteiger partial charge in [0.05, 0.1) is 12.3 Å². The van der Waals surface area contributed by atoms with Crippen LogP contribution in [0.4, 0.5) is 17.5 Å². The number of rotatable bonds is 8. The summed E-state index contributed by atoms with van der Waals surface area (Å²) in [5, 5.41) is 11.3. The first kappa shape index (κ1) is 18.6. The van der Waals surface area contributed by atoms with Gasteiger partial charge in [-0.05, 0) is 62.2 Å². The number of hydrogen-bond donors (Lipinski definition) is 1. The van der Waals surface area contributed by atoms with E-state index in [2.05, 4.69) is 30.4 Å². The molecule has 27 heavy (non-hydrogen) atoms. The highest BCUT2D eigenvalue weighted by atomic mass is 16.5. The first-order chi connectivity index (χ1) is 13.1. The monoisotopic (exact) mass is 364 g/mol. The second kappa shape index (κ2) is 8.93. The molecular formula is C20H24N6O. The summed E-state index contributed by atoms with van der Waals surface area (Å²) < 4.78 is 5.65. The van der Waals surface area contributed by atoms with Crippen LogP contribution in [-0.4, -0.2) is 39.9 Å². The molecule has 7 heteroatoms. The summed E-state index contributed by atoms with van der Waals surface area (Å²) in [4.78, 5) is 10.6. The zero-order valence-corrected chi connectivity index (χ0v) is 15.8. The van der Waals surface area contributed by atoms with E-state index in [1.54, 1.807) is 18.6 Å². The number of likely N-dealkylation sites (N-methyl/N-ethyl adjacent to an activating group) is 1. The van der Waals surface area contributed by atoms with Gasteiger partial charge in [-0.1, -0.05) is 0 Å². The summed E-state index contributed by atoms with van der Waals surface area (Å²) in [6.45, 7) is 4.83. The molecule has 0 bridgehead atoms. The van der Waals surface area contributed by atoms with Crippen LogP contribution >= 0.6 is 0 Å². The Morgan fingerprint density at radius 3 is 2.52 bits per heavy atom. The summed E-state index contributed by atoms with van der Waals surface area (Å²) in [5.74, 6) is 2.06. The molecule has 0 radical (unpaired) electrons. The van der Waals surface area contributed by atoms with Crippen molar-refractivity contribution in [3.63, 3.8) is 0 Å². The SMILES string of the molecule is CC(C)Oc1ccc(Nc2nncc(N(C)CCc3ccncc3)n2)cc1. The largest absolute Gasteiger partial charge is 0.491 e. The Balaban J connectivity index is 1.61. The summed E-state index contributed by atoms with van der Waals surface area (Å²) in [6, 6.07) is 11.7. The maximum Gasteiger partial charge on any atom is 0.249 e. The molecule has 1 N–H and O–H groups in total. The highest BCUT2D eigenvalue weighted by Gasteiger charge is 2.07. The molecule has 0 amide bonds. The van der Waals surface area contributed by atoms with Crippen molar-refractivity contribution in [2.75, 3.05) is 23.8 Å². The second-order valence-corrected chi connectivity index (χ2v) is 6.48. The molecule has 3 aromatic rings. The Bertz CT molecular complexity index is 839. The molecule has 0 aliphatic rings. The molecule has 3 rings (SSSR count). The van der Waals surface area contributed by atoms with Crippen LogP contribution in [0.15, 0.2) is 55.0 Å². The average molecular weight is 364 g/mol. The number of aromatic nitrogens is 4. The van der Waals surface area contributed by atoms with Crippen molar-refractivity contribution in [1.82, 2.24) is 20.2 Å². The van der Waals surface area contributed by atoms with Crippen LogP contribution in [0.3, 0.4) is 0 Å². The number of ether oxygens (including phenoxy) is 1. The zero-order valence-electron chi connectivity index (χ0n) is 15.8. The lowest BCUT2D eigenvalue weighted by molar-refractivity contribution is 0.242. The van der Waals surface area contributed by atoms with E-state index in [0.29, 0.717) is 5.95 Å². The zero-order chi connectivity index (χ0) is 19.1. The quantitative estimate of drug-likeness (QED) is 0.656. The molecule has 0 fully saturated rings. The van der Waals surface area contributed by atoms with Crippen molar-refractivity contribution in [3.8, 4) is 5.75 Å². The molecular weight excluding hydrogens is 340 g/mol. The Kier molecular flexibility index (Phi) is 6.14. The highest BCUT2D eigenvalue weighted by molar-refractivity contribution is 5.55. The van der Waals surface area contributed by atoms with Gasteiger partial charge in [0, 0.05) is 31.7 Å². The standard InChI is InChI=1S/C20H24N6O/c1-15(2)27-18-6-4-17(5-7-18)23-20-24-19(14-22-25-20)26(3)13-10-16-8-11-21-12-9-16/h4-9,11-12,14-15H,10,13H2,1-3H3,(H,23,24,25). The van der Waals surface area contributed by atoms with Crippen molar-refractivity contribution >= 4 is 17.5 Å². The predicted octanol–water partition coefficient (Wildman–Crippen LogP) is 3.48. The number of nitrogens with zero attached hydrogens (tertiary/aromatic N) is 5. The third kappa shape index (κ3) is 5.64. The molecule has 0 aliphatic heterocycles. The lowest BCUT2D eigenvalue weighted by atomic mass is 10.2. The summed E-state index contributed by atoms with van der Waals surface area (Å²) in [7, 11) is 1.99. The van der Waals surface area contributed by atoms with E-state index in [0.717, 1.165) is 30.2 Å². The first-order valence-corrected chi connectivity index (χ1v) is 8.93. The second-order valence-electron chi connectivity index (χ2n) is 6.48. The van der Waals surface area contributed by atoms with Crippen molar-refractivity contribution in [2.24, 2.45) is 0 Å². The third-order valence-corrected chi connectivity index (χ3v) is 3.90. The maximum absolute atomic E-state index is 5.65. The molecule has 0 saturated carbocycles. The smallest absolute Gasteiger partial charge is 0.249 e. The van der Waals surface area contributed by atoms with Crippen LogP contribution in [0.2, 0.25) is 0 Å². The summed E-state index contributed by atoms with van der Waals surface area (Å²) in [6.07, 6.45) is 6.33. The van der Waals surface area contributed by atoms with Crippen molar-refractivity contribution in [2.45, 2.75) is 26.4 Å². The Labute approximate surface area is 159 Å². The van der Waals surface area contributed by atoms with Crippen molar-refractivity contribution in [3.05, 3.63) is 60.6 Å². The molecule has 0 atom stereocenters. The molecule has 0 spiro atoms. The lowest BCUT2D eigenvalue weighted by Gasteiger charge is -2.18. The van der Waals surface area contributed by atoms with Gasteiger partial charge in [0.1, 0.15) is 5.75 Å². The fraction of sp³-hybridized carbons (Fsp3) is 0.300. The minimum absolute atomic E-state index is 0.149. The van der Waals surface area contributed by atoms with Crippen LogP contribution in [-0.2, 0) is 6.42 Å². The fourth-order valence-corrected chi connectivity index (χ4v) is 2.51. The van der Waals surface area contributed by atoms with Gasteiger partial charge in [-0.15, -0.1) is 5.10 Å². The van der Waals surface area contributed by atoms with Crippen LogP contribution in [0.25, 0.3) is 0 Å². The van der Waals surface area contributed by atoms with E-state index in [4.69, 9.17) is 4.74 Å². The molecule has 7 nitrogen and oxygen atoms in total. The number of benzene rings is 1. The lowest BCUT2D eigenvalue weighted by Crippen LogP contribution is -2.22. The minimum Gasteiger partial charge on any atom is -0.491 e.